The third kappa shape index (κ3) is 4.74. The summed E-state index contributed by atoms with van der Waals surface area (Å²) < 4.78 is 4.90. The molecule has 0 aromatic heterocycles. The molecule has 1 aromatic carbocycles. The van der Waals surface area contributed by atoms with Crippen LogP contribution in [0.5, 0.6) is 11.5 Å². The van der Waals surface area contributed by atoms with Crippen molar-refractivity contribution in [3.63, 3.8) is 0 Å². The molecule has 0 amide bonds. The molecule has 1 rings (SSSR count). The van der Waals surface area contributed by atoms with Gasteiger partial charge in [0, 0.05) is 12.7 Å². The molecular weight excluding hydrogens is 268 g/mol. The van der Waals surface area contributed by atoms with Crippen molar-refractivity contribution in [2.45, 2.75) is 25.6 Å². The maximum Gasteiger partial charge on any atom is 0.185 e. The fraction of sp³-hybridized carbons (Fsp3) is 0.462. The number of methoxy groups -OCH3 is 1. The van der Waals surface area contributed by atoms with E-state index in [1.165, 1.54) is 26.2 Å². The number of ether oxygens (including phenoxy) is 1. The Kier molecular flexibility index (Phi) is 6.14. The number of thioether (sulfide) groups is 1. The van der Waals surface area contributed by atoms with Gasteiger partial charge in [0.25, 0.3) is 0 Å². The van der Waals surface area contributed by atoms with E-state index in [0.717, 1.165) is 11.8 Å². The number of hydrogen-bond donors (Lipinski definition) is 3. The highest BCUT2D eigenvalue weighted by molar-refractivity contribution is 8.13. The molecule has 0 aliphatic rings. The topological polar surface area (TPSA) is 87.0 Å². The molecule has 2 atom stereocenters. The fourth-order valence-corrected chi connectivity index (χ4v) is 2.24. The maximum atomic E-state index is 10.8. The number of aliphatic hydroxyl groups is 2. The van der Waals surface area contributed by atoms with Crippen LogP contribution < -0.4 is 4.74 Å². The number of phenolic OH excluding ortho intramolecular Hbond substituents is 1. The number of hydrogen-bond acceptors (Lipinski definition) is 6. The van der Waals surface area contributed by atoms with E-state index in [0.29, 0.717) is 17.1 Å². The molecule has 1 aromatic rings. The summed E-state index contributed by atoms with van der Waals surface area (Å²) in [5.74, 6) is 0.650. The normalized spacial score (nSPS) is 13.9. The van der Waals surface area contributed by atoms with Crippen LogP contribution in [-0.4, -0.2) is 39.4 Å². The number of benzene rings is 1. The van der Waals surface area contributed by atoms with Gasteiger partial charge in [-0.1, -0.05) is 17.8 Å². The molecule has 0 heterocycles. The fourth-order valence-electron chi connectivity index (χ4n) is 1.59. The van der Waals surface area contributed by atoms with Crippen LogP contribution in [0.4, 0.5) is 0 Å². The van der Waals surface area contributed by atoms with Crippen LogP contribution in [0.3, 0.4) is 0 Å². The molecule has 0 saturated heterocycles. The van der Waals surface area contributed by atoms with Crippen LogP contribution in [0.15, 0.2) is 18.2 Å². The molecule has 0 saturated carbocycles. The number of phenols is 1. The summed E-state index contributed by atoms with van der Waals surface area (Å²) in [4.78, 5) is 10.8. The average molecular weight is 286 g/mol. The molecule has 0 bridgehead atoms. The minimum atomic E-state index is -1.11. The first-order valence-corrected chi connectivity index (χ1v) is 6.80. The van der Waals surface area contributed by atoms with Crippen molar-refractivity contribution in [2.24, 2.45) is 0 Å². The lowest BCUT2D eigenvalue weighted by molar-refractivity contribution is -0.109. The van der Waals surface area contributed by atoms with Gasteiger partial charge in [-0.05, 0) is 24.1 Å². The Morgan fingerprint density at radius 2 is 2.11 bits per heavy atom. The van der Waals surface area contributed by atoms with Crippen molar-refractivity contribution in [3.8, 4) is 11.5 Å². The lowest BCUT2D eigenvalue weighted by Gasteiger charge is -2.18. The second kappa shape index (κ2) is 7.37. The first kappa shape index (κ1) is 15.8. The lowest BCUT2D eigenvalue weighted by atomic mass is 10.0. The van der Waals surface area contributed by atoms with Crippen molar-refractivity contribution in [1.29, 1.82) is 0 Å². The van der Waals surface area contributed by atoms with E-state index in [1.807, 2.05) is 0 Å². The van der Waals surface area contributed by atoms with E-state index in [4.69, 9.17) is 4.74 Å². The number of carbonyl (C=O) groups excluding carboxylic acids is 1. The Labute approximate surface area is 116 Å². The molecule has 19 heavy (non-hydrogen) atoms. The summed E-state index contributed by atoms with van der Waals surface area (Å²) >= 11 is 1.10. The Bertz CT molecular complexity index is 435. The summed E-state index contributed by atoms with van der Waals surface area (Å²) in [6, 6.07) is 4.44. The molecule has 0 aliphatic carbocycles. The number of carbonyl (C=O) groups is 1. The molecule has 0 fully saturated rings. The van der Waals surface area contributed by atoms with Crippen molar-refractivity contribution in [2.75, 3.05) is 12.9 Å². The molecule has 0 aliphatic heterocycles. The first-order valence-electron chi connectivity index (χ1n) is 5.82. The largest absolute Gasteiger partial charge is 0.504 e. The third-order valence-electron chi connectivity index (χ3n) is 2.63. The minimum absolute atomic E-state index is 0.0243. The van der Waals surface area contributed by atoms with E-state index in [-0.39, 0.29) is 17.3 Å². The van der Waals surface area contributed by atoms with Gasteiger partial charge in [-0.15, -0.1) is 0 Å². The average Bonchev–Trinajstić information content (AvgIpc) is 2.37. The molecule has 3 N–H and O–H groups in total. The number of rotatable bonds is 6. The molecular formula is C13H18O5S. The second-order valence-electron chi connectivity index (χ2n) is 4.07. The lowest BCUT2D eigenvalue weighted by Crippen LogP contribution is -2.19. The third-order valence-corrected chi connectivity index (χ3v) is 3.47. The van der Waals surface area contributed by atoms with E-state index in [9.17, 15) is 20.1 Å². The highest BCUT2D eigenvalue weighted by atomic mass is 32.2. The minimum Gasteiger partial charge on any atom is -0.504 e. The van der Waals surface area contributed by atoms with Gasteiger partial charge < -0.3 is 20.1 Å². The molecule has 0 radical (unpaired) electrons. The summed E-state index contributed by atoms with van der Waals surface area (Å²) in [6.45, 7) is 1.45. The van der Waals surface area contributed by atoms with Crippen LogP contribution in [-0.2, 0) is 4.79 Å². The van der Waals surface area contributed by atoms with E-state index >= 15 is 0 Å². The van der Waals surface area contributed by atoms with Crippen LogP contribution >= 0.6 is 11.8 Å². The van der Waals surface area contributed by atoms with Gasteiger partial charge in [0.1, 0.15) is 6.10 Å². The molecule has 5 nitrogen and oxygen atoms in total. The zero-order valence-electron chi connectivity index (χ0n) is 10.9. The van der Waals surface area contributed by atoms with Crippen LogP contribution in [0, 0.1) is 0 Å². The van der Waals surface area contributed by atoms with Gasteiger partial charge >= 0.3 is 0 Å². The van der Waals surface area contributed by atoms with Gasteiger partial charge in [0.05, 0.1) is 13.2 Å². The van der Waals surface area contributed by atoms with Gasteiger partial charge in [-0.2, -0.15) is 0 Å². The summed E-state index contributed by atoms with van der Waals surface area (Å²) in [7, 11) is 1.43. The molecule has 106 valence electrons. The maximum absolute atomic E-state index is 10.8. The van der Waals surface area contributed by atoms with Crippen molar-refractivity contribution in [1.82, 2.24) is 0 Å². The Morgan fingerprint density at radius 3 is 2.63 bits per heavy atom. The van der Waals surface area contributed by atoms with Crippen LogP contribution in [0.25, 0.3) is 0 Å². The van der Waals surface area contributed by atoms with Gasteiger partial charge in [0.2, 0.25) is 0 Å². The predicted molar refractivity (Wildman–Crippen MR) is 73.4 cm³/mol. The predicted octanol–water partition coefficient (Wildman–Crippen LogP) is 1.46. The van der Waals surface area contributed by atoms with Crippen LogP contribution in [0.1, 0.15) is 25.0 Å². The zero-order valence-corrected chi connectivity index (χ0v) is 11.7. The smallest absolute Gasteiger partial charge is 0.185 e. The first-order chi connectivity index (χ1) is 8.95. The Hall–Kier alpha value is -1.24. The van der Waals surface area contributed by atoms with E-state index < -0.39 is 12.2 Å². The highest BCUT2D eigenvalue weighted by Gasteiger charge is 2.19. The van der Waals surface area contributed by atoms with Crippen LogP contribution in [0.2, 0.25) is 0 Å². The number of aromatic hydroxyl groups is 1. The molecule has 2 unspecified atom stereocenters. The zero-order chi connectivity index (χ0) is 14.4. The SMILES string of the molecule is COc1ccc(C(O)C(O)CCSC(C)=O)cc1O. The van der Waals surface area contributed by atoms with Crippen molar-refractivity contribution < 1.29 is 24.9 Å². The Morgan fingerprint density at radius 1 is 1.42 bits per heavy atom. The Balaban J connectivity index is 2.63. The monoisotopic (exact) mass is 286 g/mol. The summed E-state index contributed by atoms with van der Waals surface area (Å²) in [6.07, 6.45) is -1.80. The van der Waals surface area contributed by atoms with E-state index in [2.05, 4.69) is 0 Å². The number of aliphatic hydroxyl groups excluding tert-OH is 2. The van der Waals surface area contributed by atoms with Gasteiger partial charge in [-0.3, -0.25) is 4.79 Å². The van der Waals surface area contributed by atoms with Gasteiger partial charge in [0.15, 0.2) is 16.6 Å². The van der Waals surface area contributed by atoms with Gasteiger partial charge in [-0.25, -0.2) is 0 Å². The van der Waals surface area contributed by atoms with Crippen molar-refractivity contribution in [3.05, 3.63) is 23.8 Å². The quantitative estimate of drug-likeness (QED) is 0.734. The molecule has 6 heteroatoms. The second-order valence-corrected chi connectivity index (χ2v) is 5.34. The summed E-state index contributed by atoms with van der Waals surface area (Å²) in [5, 5.41) is 29.3. The summed E-state index contributed by atoms with van der Waals surface area (Å²) in [5.41, 5.74) is 0.402. The van der Waals surface area contributed by atoms with E-state index in [1.54, 1.807) is 6.07 Å². The van der Waals surface area contributed by atoms with Crippen molar-refractivity contribution >= 4 is 16.9 Å². The molecule has 0 spiro atoms. The standard InChI is InChI=1S/C13H18O5S/c1-8(14)19-6-5-10(15)13(17)9-3-4-12(18-2)11(16)7-9/h3-4,7,10,13,15-17H,5-6H2,1-2H3. The highest BCUT2D eigenvalue weighted by Crippen LogP contribution is 2.30.